The molecule has 0 atom stereocenters. The molecule has 2 aromatic rings. The van der Waals surface area contributed by atoms with E-state index in [0.717, 1.165) is 17.7 Å². The summed E-state index contributed by atoms with van der Waals surface area (Å²) < 4.78 is 2.27. The van der Waals surface area contributed by atoms with Crippen molar-refractivity contribution < 1.29 is 0 Å². The van der Waals surface area contributed by atoms with Gasteiger partial charge in [0, 0.05) is 27.2 Å². The van der Waals surface area contributed by atoms with Gasteiger partial charge in [-0.1, -0.05) is 0 Å². The summed E-state index contributed by atoms with van der Waals surface area (Å²) in [5, 5.41) is 14.0. The van der Waals surface area contributed by atoms with Gasteiger partial charge >= 0.3 is 5.69 Å². The summed E-state index contributed by atoms with van der Waals surface area (Å²) in [5.74, 6) is 0.421. The van der Waals surface area contributed by atoms with Crippen LogP contribution in [0, 0.1) is 0 Å². The quantitative estimate of drug-likeness (QED) is 0.594. The van der Waals surface area contributed by atoms with Crippen LogP contribution in [-0.4, -0.2) is 44.5 Å². The highest BCUT2D eigenvalue weighted by Gasteiger charge is 2.12. The molecule has 0 unspecified atom stereocenters. The Kier molecular flexibility index (Phi) is 4.20. The van der Waals surface area contributed by atoms with E-state index in [9.17, 15) is 9.59 Å². The van der Waals surface area contributed by atoms with Crippen LogP contribution in [0.15, 0.2) is 9.59 Å². The normalized spacial score (nSPS) is 11.2. The minimum Gasteiger partial charge on any atom is -0.318 e. The lowest BCUT2D eigenvalue weighted by Crippen LogP contribution is -2.38. The van der Waals surface area contributed by atoms with Crippen molar-refractivity contribution in [1.82, 2.24) is 34.9 Å². The van der Waals surface area contributed by atoms with Crippen LogP contribution in [0.5, 0.6) is 0 Å². The van der Waals surface area contributed by atoms with Crippen LogP contribution in [-0.2, 0) is 20.6 Å². The van der Waals surface area contributed by atoms with Crippen LogP contribution in [0.1, 0.15) is 5.82 Å². The lowest BCUT2D eigenvalue weighted by Gasteiger charge is -2.07. The summed E-state index contributed by atoms with van der Waals surface area (Å²) in [6, 6.07) is 0. The highest BCUT2D eigenvalue weighted by Crippen LogP contribution is 1.99. The second-order valence-corrected chi connectivity index (χ2v) is 4.39. The number of hydrogen-bond acceptors (Lipinski definition) is 7. The summed E-state index contributed by atoms with van der Waals surface area (Å²) in [5.41, 5.74) is -0.569. The van der Waals surface area contributed by atoms with Gasteiger partial charge in [0.05, 0.1) is 6.54 Å². The topological polar surface area (TPSA) is 107 Å². The number of likely N-dealkylation sites (N-methyl/N-ethyl adjacent to an activating group) is 1. The SMILES string of the molecule is CNCCNCc1nnc2c(n1)c(=O)n(C)c(=O)n2C. The zero-order valence-electron chi connectivity index (χ0n) is 11.7. The van der Waals surface area contributed by atoms with Crippen molar-refractivity contribution in [3.63, 3.8) is 0 Å². The molecule has 0 amide bonds. The van der Waals surface area contributed by atoms with E-state index in [1.807, 2.05) is 7.05 Å². The van der Waals surface area contributed by atoms with E-state index in [1.54, 1.807) is 0 Å². The van der Waals surface area contributed by atoms with Gasteiger partial charge in [0.25, 0.3) is 5.56 Å². The molecule has 0 radical (unpaired) electrons. The highest BCUT2D eigenvalue weighted by atomic mass is 16.2. The van der Waals surface area contributed by atoms with Crippen molar-refractivity contribution in [1.29, 1.82) is 0 Å². The van der Waals surface area contributed by atoms with E-state index < -0.39 is 11.2 Å². The fourth-order valence-electron chi connectivity index (χ4n) is 1.77. The highest BCUT2D eigenvalue weighted by molar-refractivity contribution is 5.67. The fourth-order valence-corrected chi connectivity index (χ4v) is 1.77. The summed E-state index contributed by atoms with van der Waals surface area (Å²) in [4.78, 5) is 27.9. The van der Waals surface area contributed by atoms with Crippen molar-refractivity contribution in [2.24, 2.45) is 14.1 Å². The Morgan fingerprint density at radius 1 is 1.10 bits per heavy atom. The van der Waals surface area contributed by atoms with Gasteiger partial charge in [-0.25, -0.2) is 9.78 Å². The van der Waals surface area contributed by atoms with Crippen molar-refractivity contribution in [3.8, 4) is 0 Å². The first-order chi connectivity index (χ1) is 9.56. The van der Waals surface area contributed by atoms with Gasteiger partial charge in [-0.3, -0.25) is 13.9 Å². The molecule has 0 saturated heterocycles. The van der Waals surface area contributed by atoms with Crippen LogP contribution in [0.3, 0.4) is 0 Å². The Labute approximate surface area is 114 Å². The molecule has 2 heterocycles. The number of fused-ring (bicyclic) bond motifs is 1. The molecule has 2 aromatic heterocycles. The average Bonchev–Trinajstić information content (AvgIpc) is 2.47. The molecule has 20 heavy (non-hydrogen) atoms. The zero-order valence-corrected chi connectivity index (χ0v) is 11.7. The Bertz CT molecular complexity index is 734. The van der Waals surface area contributed by atoms with Gasteiger partial charge in [-0.15, -0.1) is 10.2 Å². The van der Waals surface area contributed by atoms with E-state index in [4.69, 9.17) is 0 Å². The first-order valence-corrected chi connectivity index (χ1v) is 6.21. The maximum Gasteiger partial charge on any atom is 0.332 e. The summed E-state index contributed by atoms with van der Waals surface area (Å²) in [6.07, 6.45) is 0. The molecule has 108 valence electrons. The van der Waals surface area contributed by atoms with Crippen molar-refractivity contribution >= 4 is 11.2 Å². The third-order valence-corrected chi connectivity index (χ3v) is 2.95. The molecule has 2 N–H and O–H groups in total. The lowest BCUT2D eigenvalue weighted by molar-refractivity contribution is 0.622. The molecule has 0 bridgehead atoms. The molecule has 2 rings (SSSR count). The van der Waals surface area contributed by atoms with Crippen LogP contribution in [0.25, 0.3) is 11.2 Å². The van der Waals surface area contributed by atoms with Crippen molar-refractivity contribution in [2.45, 2.75) is 6.54 Å². The third-order valence-electron chi connectivity index (χ3n) is 2.95. The van der Waals surface area contributed by atoms with Crippen molar-refractivity contribution in [3.05, 3.63) is 26.7 Å². The summed E-state index contributed by atoms with van der Waals surface area (Å²) >= 11 is 0. The van der Waals surface area contributed by atoms with Gasteiger partial charge in [-0.05, 0) is 7.05 Å². The van der Waals surface area contributed by atoms with Gasteiger partial charge in [0.2, 0.25) is 0 Å². The number of rotatable bonds is 5. The van der Waals surface area contributed by atoms with E-state index >= 15 is 0 Å². The number of aryl methyl sites for hydroxylation is 1. The number of nitrogens with zero attached hydrogens (tertiary/aromatic N) is 5. The number of nitrogens with one attached hydrogen (secondary N) is 2. The molecule has 0 aliphatic carbocycles. The van der Waals surface area contributed by atoms with Gasteiger partial charge in [-0.2, -0.15) is 0 Å². The van der Waals surface area contributed by atoms with Gasteiger partial charge < -0.3 is 10.6 Å². The standard InChI is InChI=1S/C11H17N7O2/c1-12-4-5-13-6-7-14-8-9(16-15-7)17(2)11(20)18(3)10(8)19/h12-13H,4-6H2,1-3H3. The van der Waals surface area contributed by atoms with E-state index in [2.05, 4.69) is 25.8 Å². The van der Waals surface area contributed by atoms with Crippen LogP contribution >= 0.6 is 0 Å². The lowest BCUT2D eigenvalue weighted by atomic mass is 10.4. The molecule has 0 saturated carbocycles. The molecular formula is C11H17N7O2. The molecular weight excluding hydrogens is 262 g/mol. The number of aromatic nitrogens is 5. The fraction of sp³-hybridized carbons (Fsp3) is 0.545. The van der Waals surface area contributed by atoms with Gasteiger partial charge in [0.1, 0.15) is 0 Å². The predicted octanol–water partition coefficient (Wildman–Crippen LogP) is -2.27. The maximum absolute atomic E-state index is 12.0. The molecule has 0 aromatic carbocycles. The van der Waals surface area contributed by atoms with Crippen LogP contribution in [0.2, 0.25) is 0 Å². The molecule has 9 nitrogen and oxygen atoms in total. The summed E-state index contributed by atoms with van der Waals surface area (Å²) in [6.45, 7) is 1.98. The molecule has 0 aliphatic rings. The Morgan fingerprint density at radius 3 is 2.55 bits per heavy atom. The molecule has 0 fully saturated rings. The molecule has 0 aliphatic heterocycles. The first kappa shape index (κ1) is 14.3. The second-order valence-electron chi connectivity index (χ2n) is 4.39. The average molecular weight is 279 g/mol. The maximum atomic E-state index is 12.0. The largest absolute Gasteiger partial charge is 0.332 e. The van der Waals surface area contributed by atoms with E-state index in [1.165, 1.54) is 18.7 Å². The zero-order chi connectivity index (χ0) is 14.7. The van der Waals surface area contributed by atoms with Gasteiger partial charge in [0.15, 0.2) is 17.0 Å². The number of hydrogen-bond donors (Lipinski definition) is 2. The Balaban J connectivity index is 2.39. The van der Waals surface area contributed by atoms with E-state index in [0.29, 0.717) is 12.4 Å². The first-order valence-electron chi connectivity index (χ1n) is 6.21. The van der Waals surface area contributed by atoms with Crippen molar-refractivity contribution in [2.75, 3.05) is 20.1 Å². The minimum absolute atomic E-state index is 0.148. The minimum atomic E-state index is -0.463. The molecule has 9 heteroatoms. The van der Waals surface area contributed by atoms with Crippen LogP contribution in [0.4, 0.5) is 0 Å². The monoisotopic (exact) mass is 279 g/mol. The smallest absolute Gasteiger partial charge is 0.318 e. The Morgan fingerprint density at radius 2 is 1.85 bits per heavy atom. The second kappa shape index (κ2) is 5.88. The Hall–Kier alpha value is -2.13. The van der Waals surface area contributed by atoms with E-state index in [-0.39, 0.29) is 11.2 Å². The van der Waals surface area contributed by atoms with Crippen LogP contribution < -0.4 is 21.9 Å². The third kappa shape index (κ3) is 2.58. The predicted molar refractivity (Wildman–Crippen MR) is 73.4 cm³/mol. The summed E-state index contributed by atoms with van der Waals surface area (Å²) in [7, 11) is 4.81. The molecule has 0 spiro atoms.